The van der Waals surface area contributed by atoms with Crippen molar-refractivity contribution in [3.05, 3.63) is 59.2 Å². The number of nitrogens with zero attached hydrogens (tertiary/aromatic N) is 1. The van der Waals surface area contributed by atoms with Crippen LogP contribution in [0, 0.1) is 6.92 Å². The zero-order valence-electron chi connectivity index (χ0n) is 14.9. The summed E-state index contributed by atoms with van der Waals surface area (Å²) >= 11 is 0. The maximum absolute atomic E-state index is 11.5. The molecule has 2 rings (SSSR count). The van der Waals surface area contributed by atoms with E-state index in [9.17, 15) is 9.59 Å². The highest BCUT2D eigenvalue weighted by atomic mass is 16.6. The van der Waals surface area contributed by atoms with Crippen LogP contribution < -0.4 is 4.74 Å². The fraction of sp³-hybridized carbons (Fsp3) is 0.250. The van der Waals surface area contributed by atoms with Crippen molar-refractivity contribution in [1.29, 1.82) is 0 Å². The molecule has 136 valence electrons. The number of rotatable bonds is 7. The number of carboxylic acid groups (broad SMARTS) is 1. The van der Waals surface area contributed by atoms with Gasteiger partial charge >= 0.3 is 11.9 Å². The van der Waals surface area contributed by atoms with E-state index >= 15 is 0 Å². The van der Waals surface area contributed by atoms with E-state index in [1.165, 1.54) is 6.07 Å². The number of aliphatic imine (C=N–C) groups is 1. The molecule has 0 atom stereocenters. The number of carboxylic acids is 1. The zero-order valence-corrected chi connectivity index (χ0v) is 14.9. The maximum atomic E-state index is 11.5. The first-order valence-electron chi connectivity index (χ1n) is 8.15. The molecule has 0 saturated heterocycles. The van der Waals surface area contributed by atoms with Gasteiger partial charge in [0.15, 0.2) is 6.61 Å². The van der Waals surface area contributed by atoms with Gasteiger partial charge in [-0.05, 0) is 68.3 Å². The molecule has 0 heterocycles. The van der Waals surface area contributed by atoms with E-state index in [1.54, 1.807) is 56.5 Å². The number of carbonyl (C=O) groups excluding carboxylic acids is 1. The highest BCUT2D eigenvalue weighted by Gasteiger charge is 2.07. The summed E-state index contributed by atoms with van der Waals surface area (Å²) in [6.07, 6.45) is 1.47. The standard InChI is InChI=1S/C20H21NO5/c1-13(2)26-19(22)12-25-17-8-5-15(6-9-17)11-21-18-10-16(20(23)24)7-4-14(18)3/h4-11,13H,12H2,1-3H3,(H,23,24). The van der Waals surface area contributed by atoms with E-state index in [4.69, 9.17) is 14.6 Å². The van der Waals surface area contributed by atoms with Gasteiger partial charge in [-0.3, -0.25) is 4.99 Å². The smallest absolute Gasteiger partial charge is 0.344 e. The molecule has 0 saturated carbocycles. The third-order valence-corrected chi connectivity index (χ3v) is 3.41. The lowest BCUT2D eigenvalue weighted by atomic mass is 10.1. The monoisotopic (exact) mass is 355 g/mol. The van der Waals surface area contributed by atoms with Crippen LogP contribution in [0.4, 0.5) is 5.69 Å². The fourth-order valence-electron chi connectivity index (χ4n) is 2.11. The number of aryl methyl sites for hydroxylation is 1. The van der Waals surface area contributed by atoms with Crippen molar-refractivity contribution >= 4 is 23.8 Å². The summed E-state index contributed by atoms with van der Waals surface area (Å²) in [7, 11) is 0. The Kier molecular flexibility index (Phi) is 6.49. The van der Waals surface area contributed by atoms with Crippen molar-refractivity contribution in [2.75, 3.05) is 6.61 Å². The Balaban J connectivity index is 2.01. The highest BCUT2D eigenvalue weighted by Crippen LogP contribution is 2.20. The van der Waals surface area contributed by atoms with Gasteiger partial charge < -0.3 is 14.6 Å². The number of benzene rings is 2. The van der Waals surface area contributed by atoms with Crippen LogP contribution in [0.25, 0.3) is 0 Å². The van der Waals surface area contributed by atoms with Crippen LogP contribution in [-0.4, -0.2) is 36.0 Å². The van der Waals surface area contributed by atoms with Crippen LogP contribution in [0.1, 0.15) is 35.3 Å². The molecule has 0 unspecified atom stereocenters. The van der Waals surface area contributed by atoms with Crippen molar-refractivity contribution in [2.24, 2.45) is 4.99 Å². The number of hydrogen-bond donors (Lipinski definition) is 1. The minimum absolute atomic E-state index is 0.146. The summed E-state index contributed by atoms with van der Waals surface area (Å²) in [4.78, 5) is 26.8. The van der Waals surface area contributed by atoms with Crippen molar-refractivity contribution in [2.45, 2.75) is 26.9 Å². The maximum Gasteiger partial charge on any atom is 0.344 e. The van der Waals surface area contributed by atoms with Gasteiger partial charge in [-0.25, -0.2) is 9.59 Å². The minimum atomic E-state index is -0.987. The van der Waals surface area contributed by atoms with Crippen LogP contribution in [-0.2, 0) is 9.53 Å². The molecule has 2 aromatic rings. The van der Waals surface area contributed by atoms with Gasteiger partial charge in [0.2, 0.25) is 0 Å². The van der Waals surface area contributed by atoms with E-state index in [2.05, 4.69) is 4.99 Å². The molecule has 0 radical (unpaired) electrons. The zero-order chi connectivity index (χ0) is 19.1. The van der Waals surface area contributed by atoms with Crippen molar-refractivity contribution in [3.8, 4) is 5.75 Å². The van der Waals surface area contributed by atoms with Gasteiger partial charge in [0, 0.05) is 6.21 Å². The molecule has 0 bridgehead atoms. The number of ether oxygens (including phenoxy) is 2. The van der Waals surface area contributed by atoms with Crippen LogP contribution in [0.3, 0.4) is 0 Å². The van der Waals surface area contributed by atoms with Crippen LogP contribution >= 0.6 is 0 Å². The Morgan fingerprint density at radius 2 is 1.85 bits per heavy atom. The molecule has 1 N–H and O–H groups in total. The third-order valence-electron chi connectivity index (χ3n) is 3.41. The Hall–Kier alpha value is -3.15. The molecule has 0 aliphatic rings. The molecule has 26 heavy (non-hydrogen) atoms. The van der Waals surface area contributed by atoms with E-state index in [-0.39, 0.29) is 18.3 Å². The average Bonchev–Trinajstić information content (AvgIpc) is 2.59. The summed E-state index contributed by atoms with van der Waals surface area (Å²) in [5, 5.41) is 9.05. The van der Waals surface area contributed by atoms with Crippen molar-refractivity contribution in [1.82, 2.24) is 0 Å². The van der Waals surface area contributed by atoms with E-state index in [1.807, 2.05) is 6.92 Å². The SMILES string of the molecule is Cc1ccc(C(=O)O)cc1N=Cc1ccc(OCC(=O)OC(C)C)cc1. The number of esters is 1. The van der Waals surface area contributed by atoms with Crippen LogP contribution in [0.15, 0.2) is 47.5 Å². The lowest BCUT2D eigenvalue weighted by Gasteiger charge is -2.09. The molecular formula is C20H21NO5. The lowest BCUT2D eigenvalue weighted by molar-refractivity contribution is -0.149. The second kappa shape index (κ2) is 8.80. The summed E-state index contributed by atoms with van der Waals surface area (Å²) in [5.41, 5.74) is 2.50. The van der Waals surface area contributed by atoms with E-state index in [0.717, 1.165) is 11.1 Å². The summed E-state index contributed by atoms with van der Waals surface area (Å²) in [6, 6.07) is 11.9. The Morgan fingerprint density at radius 1 is 1.15 bits per heavy atom. The molecule has 0 fully saturated rings. The molecule has 6 nitrogen and oxygen atoms in total. The van der Waals surface area contributed by atoms with E-state index in [0.29, 0.717) is 11.4 Å². The quantitative estimate of drug-likeness (QED) is 0.603. The molecule has 0 spiro atoms. The predicted octanol–water partition coefficient (Wildman–Crippen LogP) is 3.77. The van der Waals surface area contributed by atoms with Crippen LogP contribution in [0.5, 0.6) is 5.75 Å². The Morgan fingerprint density at radius 3 is 2.46 bits per heavy atom. The Bertz CT molecular complexity index is 809. The topological polar surface area (TPSA) is 85.2 Å². The van der Waals surface area contributed by atoms with Crippen molar-refractivity contribution in [3.63, 3.8) is 0 Å². The first kappa shape index (κ1) is 19.2. The molecule has 0 aliphatic heterocycles. The molecule has 0 amide bonds. The second-order valence-electron chi connectivity index (χ2n) is 5.96. The summed E-state index contributed by atoms with van der Waals surface area (Å²) < 4.78 is 10.4. The molecule has 6 heteroatoms. The number of hydrogen-bond acceptors (Lipinski definition) is 5. The van der Waals surface area contributed by atoms with Crippen LogP contribution in [0.2, 0.25) is 0 Å². The average molecular weight is 355 g/mol. The first-order valence-corrected chi connectivity index (χ1v) is 8.15. The summed E-state index contributed by atoms with van der Waals surface area (Å²) in [6.45, 7) is 5.28. The van der Waals surface area contributed by atoms with Gasteiger partial charge in [0.05, 0.1) is 17.4 Å². The molecule has 0 aromatic heterocycles. The highest BCUT2D eigenvalue weighted by molar-refractivity contribution is 5.90. The van der Waals surface area contributed by atoms with Crippen molar-refractivity contribution < 1.29 is 24.2 Å². The second-order valence-corrected chi connectivity index (χ2v) is 5.96. The minimum Gasteiger partial charge on any atom is -0.482 e. The normalized spacial score (nSPS) is 10.9. The van der Waals surface area contributed by atoms with Gasteiger partial charge in [0.1, 0.15) is 5.75 Å². The Labute approximate surface area is 152 Å². The largest absolute Gasteiger partial charge is 0.482 e. The predicted molar refractivity (Wildman–Crippen MR) is 98.6 cm³/mol. The van der Waals surface area contributed by atoms with Gasteiger partial charge in [-0.1, -0.05) is 6.07 Å². The number of aromatic carboxylic acids is 1. The molecular weight excluding hydrogens is 334 g/mol. The third kappa shape index (κ3) is 5.73. The summed E-state index contributed by atoms with van der Waals surface area (Å²) in [5.74, 6) is -0.856. The first-order chi connectivity index (χ1) is 12.3. The van der Waals surface area contributed by atoms with E-state index < -0.39 is 11.9 Å². The molecule has 2 aromatic carbocycles. The fourth-order valence-corrected chi connectivity index (χ4v) is 2.11. The number of carbonyl (C=O) groups is 2. The molecule has 0 aliphatic carbocycles. The lowest BCUT2D eigenvalue weighted by Crippen LogP contribution is -2.18. The van der Waals surface area contributed by atoms with Gasteiger partial charge in [0.25, 0.3) is 0 Å². The van der Waals surface area contributed by atoms with Gasteiger partial charge in [-0.2, -0.15) is 0 Å². The van der Waals surface area contributed by atoms with Gasteiger partial charge in [-0.15, -0.1) is 0 Å².